The van der Waals surface area contributed by atoms with Gasteiger partial charge >= 0.3 is 17.1 Å². The summed E-state index contributed by atoms with van der Waals surface area (Å²) in [6.45, 7) is 35.4. The average Bonchev–Trinajstić information content (AvgIpc) is 3.08. The zero-order valence-corrected chi connectivity index (χ0v) is 38.2. The summed E-state index contributed by atoms with van der Waals surface area (Å²) in [7, 11) is 0. The summed E-state index contributed by atoms with van der Waals surface area (Å²) in [4.78, 5) is 44.5. The maximum absolute atomic E-state index is 14.8. The quantitative estimate of drug-likeness (QED) is 0.156. The molecule has 1 heterocycles. The molecule has 0 bridgehead atoms. The Morgan fingerprint density at radius 1 is 0.368 bits per heavy atom. The molecule has 0 atom stereocenters. The van der Waals surface area contributed by atoms with Crippen molar-refractivity contribution in [3.63, 3.8) is 0 Å². The Kier molecular flexibility index (Phi) is 12.4. The second kappa shape index (κ2) is 15.7. The van der Waals surface area contributed by atoms with Crippen LogP contribution in [0.5, 0.6) is 17.2 Å². The van der Waals surface area contributed by atoms with E-state index in [9.17, 15) is 29.7 Å². The molecule has 0 amide bonds. The molecule has 4 rings (SSSR count). The minimum Gasteiger partial charge on any atom is -0.507 e. The Bertz CT molecular complexity index is 2140. The highest BCUT2D eigenvalue weighted by molar-refractivity contribution is 5.59. The van der Waals surface area contributed by atoms with E-state index in [1.165, 1.54) is 0 Å². The maximum atomic E-state index is 14.8. The van der Waals surface area contributed by atoms with E-state index in [0.717, 1.165) is 63.8 Å². The van der Waals surface area contributed by atoms with Crippen LogP contribution in [0.25, 0.3) is 0 Å². The van der Waals surface area contributed by atoms with E-state index in [2.05, 4.69) is 0 Å². The summed E-state index contributed by atoms with van der Waals surface area (Å²) in [5.74, 6) is 0.403. The monoisotopic (exact) mass is 784 g/mol. The highest BCUT2D eigenvalue weighted by atomic mass is 16.3. The lowest BCUT2D eigenvalue weighted by Crippen LogP contribution is -2.55. The Labute approximate surface area is 340 Å². The van der Waals surface area contributed by atoms with Crippen molar-refractivity contribution in [2.45, 2.75) is 180 Å². The van der Waals surface area contributed by atoms with Crippen molar-refractivity contribution >= 4 is 0 Å². The van der Waals surface area contributed by atoms with Gasteiger partial charge in [0.25, 0.3) is 0 Å². The van der Waals surface area contributed by atoms with Gasteiger partial charge in [0.1, 0.15) is 17.2 Å². The van der Waals surface area contributed by atoms with Crippen molar-refractivity contribution in [3.8, 4) is 17.2 Å². The zero-order chi connectivity index (χ0) is 43.6. The first-order valence-electron chi connectivity index (χ1n) is 20.6. The molecule has 0 aliphatic heterocycles. The first-order chi connectivity index (χ1) is 26.1. The zero-order valence-electron chi connectivity index (χ0n) is 38.2. The SMILES string of the molecule is CCc1c(C)c(C(C)(C)C)c(O)c(C)c1Cn1c(=O)n(Cc2c(C)c(O)c(C(C)(C)C)c(C)c2CC)c(=O)n(Cc2c(C)c(O)c(C(C)(C)C)c(C)c2CC)c1=O. The van der Waals surface area contributed by atoms with Crippen LogP contribution < -0.4 is 17.1 Å². The number of hydrogen-bond acceptors (Lipinski definition) is 6. The second-order valence-corrected chi connectivity index (χ2v) is 19.2. The summed E-state index contributed by atoms with van der Waals surface area (Å²) in [6.07, 6.45) is 1.80. The topological polar surface area (TPSA) is 127 Å². The van der Waals surface area contributed by atoms with Crippen LogP contribution in [0.1, 0.15) is 167 Å². The van der Waals surface area contributed by atoms with Gasteiger partial charge in [-0.3, -0.25) is 0 Å². The predicted octanol–water partition coefficient (Wildman–Crippen LogP) is 8.86. The van der Waals surface area contributed by atoms with Crippen molar-refractivity contribution in [1.82, 2.24) is 13.7 Å². The van der Waals surface area contributed by atoms with Gasteiger partial charge in [-0.15, -0.1) is 0 Å². The van der Waals surface area contributed by atoms with E-state index in [4.69, 9.17) is 0 Å². The molecule has 312 valence electrons. The van der Waals surface area contributed by atoms with Gasteiger partial charge < -0.3 is 15.3 Å². The van der Waals surface area contributed by atoms with Crippen LogP contribution in [0.4, 0.5) is 0 Å². The fraction of sp³-hybridized carbons (Fsp3) is 0.562. The molecule has 0 radical (unpaired) electrons. The van der Waals surface area contributed by atoms with Crippen molar-refractivity contribution < 1.29 is 15.3 Å². The second-order valence-electron chi connectivity index (χ2n) is 19.2. The van der Waals surface area contributed by atoms with Crippen LogP contribution in [0.3, 0.4) is 0 Å². The molecule has 0 aliphatic carbocycles. The lowest BCUT2D eigenvalue weighted by molar-refractivity contribution is 0.435. The summed E-state index contributed by atoms with van der Waals surface area (Å²) in [5.41, 5.74) is 8.37. The maximum Gasteiger partial charge on any atom is 0.336 e. The molecular formula is C48H69N3O6. The fourth-order valence-corrected chi connectivity index (χ4v) is 9.73. The van der Waals surface area contributed by atoms with Crippen molar-refractivity contribution in [1.29, 1.82) is 0 Å². The normalized spacial score (nSPS) is 12.5. The smallest absolute Gasteiger partial charge is 0.336 e. The van der Waals surface area contributed by atoms with Crippen LogP contribution in [-0.2, 0) is 55.1 Å². The van der Waals surface area contributed by atoms with Crippen LogP contribution in [-0.4, -0.2) is 29.0 Å². The lowest BCUT2D eigenvalue weighted by Gasteiger charge is -2.29. The molecule has 1 aromatic heterocycles. The number of phenols is 3. The van der Waals surface area contributed by atoms with Gasteiger partial charge in [0.15, 0.2) is 0 Å². The van der Waals surface area contributed by atoms with Gasteiger partial charge in [0.2, 0.25) is 0 Å². The van der Waals surface area contributed by atoms with Gasteiger partial charge in [-0.1, -0.05) is 83.1 Å². The number of aromatic nitrogens is 3. The number of rotatable bonds is 9. The van der Waals surface area contributed by atoms with E-state index < -0.39 is 17.1 Å². The molecule has 0 saturated heterocycles. The number of phenolic OH excluding ortho intramolecular Hbond substituents is 3. The number of benzene rings is 3. The summed E-state index contributed by atoms with van der Waals surface area (Å²) in [6, 6.07) is 0. The predicted molar refractivity (Wildman–Crippen MR) is 234 cm³/mol. The minimum absolute atomic E-state index is 0.134. The van der Waals surface area contributed by atoms with Crippen molar-refractivity contribution in [2.24, 2.45) is 0 Å². The van der Waals surface area contributed by atoms with Crippen LogP contribution in [0, 0.1) is 41.5 Å². The van der Waals surface area contributed by atoms with E-state index in [1.54, 1.807) is 0 Å². The third-order valence-electron chi connectivity index (χ3n) is 12.4. The van der Waals surface area contributed by atoms with E-state index >= 15 is 0 Å². The molecule has 0 saturated carbocycles. The third kappa shape index (κ3) is 7.75. The van der Waals surface area contributed by atoms with Gasteiger partial charge in [0, 0.05) is 16.7 Å². The Hall–Kier alpha value is -4.53. The molecule has 4 aromatic rings. The first-order valence-corrected chi connectivity index (χ1v) is 20.6. The molecule has 3 aromatic carbocycles. The molecule has 0 aliphatic rings. The third-order valence-corrected chi connectivity index (χ3v) is 12.4. The average molecular weight is 784 g/mol. The van der Waals surface area contributed by atoms with Gasteiger partial charge in [-0.2, -0.15) is 0 Å². The highest BCUT2D eigenvalue weighted by Gasteiger charge is 2.31. The van der Waals surface area contributed by atoms with E-state index in [0.29, 0.717) is 52.6 Å². The molecule has 3 N–H and O–H groups in total. The van der Waals surface area contributed by atoms with E-state index in [-0.39, 0.29) is 53.1 Å². The number of nitrogens with zero attached hydrogens (tertiary/aromatic N) is 3. The van der Waals surface area contributed by atoms with Crippen LogP contribution >= 0.6 is 0 Å². The van der Waals surface area contributed by atoms with Gasteiger partial charge in [-0.25, -0.2) is 28.1 Å². The molecule has 9 nitrogen and oxygen atoms in total. The minimum atomic E-state index is -0.771. The lowest BCUT2D eigenvalue weighted by atomic mass is 9.78. The first kappa shape index (κ1) is 45.2. The van der Waals surface area contributed by atoms with Crippen molar-refractivity contribution in [2.75, 3.05) is 0 Å². The summed E-state index contributed by atoms with van der Waals surface area (Å²) in [5, 5.41) is 34.9. The molecule has 9 heteroatoms. The largest absolute Gasteiger partial charge is 0.507 e. The van der Waals surface area contributed by atoms with Gasteiger partial charge in [0.05, 0.1) is 19.6 Å². The van der Waals surface area contributed by atoms with Crippen molar-refractivity contribution in [3.05, 3.63) is 115 Å². The summed E-state index contributed by atoms with van der Waals surface area (Å²) >= 11 is 0. The van der Waals surface area contributed by atoms with Gasteiger partial charge in [-0.05, 0) is 144 Å². The van der Waals surface area contributed by atoms with E-state index in [1.807, 2.05) is 125 Å². The molecule has 57 heavy (non-hydrogen) atoms. The number of aromatic hydroxyl groups is 3. The Morgan fingerprint density at radius 3 is 0.719 bits per heavy atom. The molecule has 0 fully saturated rings. The fourth-order valence-electron chi connectivity index (χ4n) is 9.73. The van der Waals surface area contributed by atoms with Crippen LogP contribution in [0.2, 0.25) is 0 Å². The standard InChI is InChI=1S/C48H69N3O6/c1-19-31-25(4)37(46(10,11)12)40(52)28(7)34(31)22-49-43(55)50(23-35-29(8)41(53)38(47(13,14)15)26(5)32(35)20-2)45(57)51(44(49)56)24-36-30(9)42(54)39(48(16,17)18)27(6)33(36)21-3/h52-54H,19-24H2,1-18H3. The highest BCUT2D eigenvalue weighted by Crippen LogP contribution is 2.43. The Morgan fingerprint density at radius 2 is 0.561 bits per heavy atom. The van der Waals surface area contributed by atoms with Crippen LogP contribution in [0.15, 0.2) is 14.4 Å². The molecule has 0 unspecified atom stereocenters. The summed E-state index contributed by atoms with van der Waals surface area (Å²) < 4.78 is 3.35. The molecular weight excluding hydrogens is 715 g/mol. The number of hydrogen-bond donors (Lipinski definition) is 3. The molecule has 0 spiro atoms. The Balaban J connectivity index is 2.18.